The highest BCUT2D eigenvalue weighted by Gasteiger charge is 2.69. The van der Waals surface area contributed by atoms with Crippen LogP contribution in [0.3, 0.4) is 0 Å². The van der Waals surface area contributed by atoms with E-state index in [1.165, 1.54) is 0 Å². The predicted octanol–water partition coefficient (Wildman–Crippen LogP) is 3.42. The van der Waals surface area contributed by atoms with Crippen LogP contribution in [0.5, 0.6) is 0 Å². The molecule has 0 aromatic carbocycles. The lowest BCUT2D eigenvalue weighted by Crippen LogP contribution is -2.60. The second-order valence-corrected chi connectivity index (χ2v) is 15.5. The third-order valence-electron chi connectivity index (χ3n) is 9.15. The van der Waals surface area contributed by atoms with E-state index >= 15 is 0 Å². The van der Waals surface area contributed by atoms with Gasteiger partial charge < -0.3 is 30.3 Å². The number of carbonyl (C=O) groups excluding carboxylic acids is 6. The molecule has 1 saturated heterocycles. The summed E-state index contributed by atoms with van der Waals surface area (Å²) in [5, 5.41) is 7.87. The molecule has 0 spiro atoms. The van der Waals surface area contributed by atoms with E-state index in [4.69, 9.17) is 9.47 Å². The van der Waals surface area contributed by atoms with Crippen molar-refractivity contribution in [3.63, 3.8) is 0 Å². The van der Waals surface area contributed by atoms with Crippen molar-refractivity contribution < 1.29 is 38.2 Å². The van der Waals surface area contributed by atoms with Crippen LogP contribution in [-0.2, 0) is 33.4 Å². The van der Waals surface area contributed by atoms with Crippen LogP contribution >= 0.6 is 0 Å². The van der Waals surface area contributed by atoms with Crippen LogP contribution in [0.25, 0.3) is 0 Å². The summed E-state index contributed by atoms with van der Waals surface area (Å²) in [6.07, 6.45) is 5.81. The van der Waals surface area contributed by atoms with E-state index < -0.39 is 65.5 Å². The molecule has 12 heteroatoms. The topological polar surface area (TPSA) is 160 Å². The van der Waals surface area contributed by atoms with Gasteiger partial charge in [-0.15, -0.1) is 6.58 Å². The second-order valence-electron chi connectivity index (χ2n) is 15.5. The van der Waals surface area contributed by atoms with Gasteiger partial charge in [-0.25, -0.2) is 4.79 Å². The Hall–Kier alpha value is -3.44. The molecule has 1 heterocycles. The fourth-order valence-corrected chi connectivity index (χ4v) is 6.86. The summed E-state index contributed by atoms with van der Waals surface area (Å²) in [6, 6.07) is -2.94. The summed E-state index contributed by atoms with van der Waals surface area (Å²) in [4.78, 5) is 80.8. The number of allylic oxidation sites excluding steroid dienone is 1. The number of piperidine rings is 1. The number of alkyl carbamates (subject to hydrolysis) is 1. The van der Waals surface area contributed by atoms with E-state index in [1.54, 1.807) is 52.5 Å². The Kier molecular flexibility index (Phi) is 11.7. The normalized spacial score (nSPS) is 23.7. The third-order valence-corrected chi connectivity index (χ3v) is 9.15. The van der Waals surface area contributed by atoms with Crippen molar-refractivity contribution in [1.29, 1.82) is 0 Å². The second kappa shape index (κ2) is 14.5. The van der Waals surface area contributed by atoms with Crippen LogP contribution in [0.4, 0.5) is 4.79 Å². The van der Waals surface area contributed by atoms with Crippen LogP contribution in [0.2, 0.25) is 0 Å². The highest BCUT2D eigenvalue weighted by molar-refractivity contribution is 6.38. The van der Waals surface area contributed by atoms with Gasteiger partial charge in [0.2, 0.25) is 17.6 Å². The lowest BCUT2D eigenvalue weighted by molar-refractivity contribution is -0.155. The summed E-state index contributed by atoms with van der Waals surface area (Å²) >= 11 is 0. The molecule has 5 atom stereocenters. The van der Waals surface area contributed by atoms with Crippen LogP contribution in [-0.4, -0.2) is 82.9 Å². The van der Waals surface area contributed by atoms with Crippen molar-refractivity contribution in [2.24, 2.45) is 23.2 Å². The van der Waals surface area contributed by atoms with Gasteiger partial charge in [0.05, 0.1) is 6.04 Å². The number of rotatable bonds is 12. The Labute approximate surface area is 273 Å². The zero-order valence-electron chi connectivity index (χ0n) is 28.8. The lowest BCUT2D eigenvalue weighted by Gasteiger charge is -2.37. The number of ether oxygens (including phenoxy) is 2. The number of hydrogen-bond donors (Lipinski definition) is 3. The monoisotopic (exact) mass is 646 g/mol. The van der Waals surface area contributed by atoms with Crippen molar-refractivity contribution in [2.45, 2.75) is 130 Å². The van der Waals surface area contributed by atoms with Crippen LogP contribution in [0.1, 0.15) is 100 Å². The smallest absolute Gasteiger partial charge is 0.408 e. The Morgan fingerprint density at radius 3 is 2.11 bits per heavy atom. The summed E-state index contributed by atoms with van der Waals surface area (Å²) in [5.74, 6) is -3.69. The highest BCUT2D eigenvalue weighted by atomic mass is 16.6. The summed E-state index contributed by atoms with van der Waals surface area (Å²) in [7, 11) is 0. The first kappa shape index (κ1) is 37.0. The number of ketones is 1. The molecule has 3 fully saturated rings. The predicted molar refractivity (Wildman–Crippen MR) is 171 cm³/mol. The molecule has 46 heavy (non-hydrogen) atoms. The molecule has 4 amide bonds. The van der Waals surface area contributed by atoms with Crippen LogP contribution < -0.4 is 16.0 Å². The van der Waals surface area contributed by atoms with Crippen molar-refractivity contribution in [3.8, 4) is 0 Å². The number of Topliss-reactive ketones (excluding diaryl/α,β-unsaturated/α-hetero) is 1. The van der Waals surface area contributed by atoms with Crippen LogP contribution in [0.15, 0.2) is 12.7 Å². The molecule has 12 nitrogen and oxygen atoms in total. The lowest BCUT2D eigenvalue weighted by atomic mass is 9.83. The molecule has 0 unspecified atom stereocenters. The van der Waals surface area contributed by atoms with Crippen molar-refractivity contribution in [2.75, 3.05) is 13.1 Å². The van der Waals surface area contributed by atoms with Gasteiger partial charge in [-0.2, -0.15) is 0 Å². The fourth-order valence-electron chi connectivity index (χ4n) is 6.86. The quantitative estimate of drug-likeness (QED) is 0.165. The summed E-state index contributed by atoms with van der Waals surface area (Å²) in [5.41, 5.74) is -1.72. The number of esters is 1. The van der Waals surface area contributed by atoms with Crippen molar-refractivity contribution in [3.05, 3.63) is 12.7 Å². The van der Waals surface area contributed by atoms with Gasteiger partial charge in [-0.05, 0) is 90.4 Å². The zero-order chi connectivity index (χ0) is 34.6. The van der Waals surface area contributed by atoms with Gasteiger partial charge >= 0.3 is 12.1 Å². The molecule has 3 aliphatic rings. The maximum atomic E-state index is 14.3. The first-order chi connectivity index (χ1) is 21.3. The largest absolute Gasteiger partial charge is 0.459 e. The highest BCUT2D eigenvalue weighted by Crippen LogP contribution is 2.65. The Morgan fingerprint density at radius 2 is 1.54 bits per heavy atom. The average molecular weight is 647 g/mol. The summed E-state index contributed by atoms with van der Waals surface area (Å²) in [6.45, 7) is 17.9. The third kappa shape index (κ3) is 9.54. The van der Waals surface area contributed by atoms with Gasteiger partial charge in [-0.1, -0.05) is 39.2 Å². The SMILES string of the molecule is C=CCC[C@H](NC(=O)[C@@H]1[C@@H]2[C@H](CN1C(=O)[C@@H](NC(=O)OC(C)(C)C)C1CCCCC1)C2(C)C)C(=O)C(=O)NCC(=O)OC(C)(C)C. The number of hydrogen-bond acceptors (Lipinski definition) is 8. The molecule has 2 aliphatic carbocycles. The Morgan fingerprint density at radius 1 is 0.935 bits per heavy atom. The first-order valence-corrected chi connectivity index (χ1v) is 16.5. The minimum absolute atomic E-state index is 0.0696. The minimum Gasteiger partial charge on any atom is -0.459 e. The van der Waals surface area contributed by atoms with Gasteiger partial charge in [-0.3, -0.25) is 24.0 Å². The number of carbonyl (C=O) groups is 6. The van der Waals surface area contributed by atoms with E-state index in [0.29, 0.717) is 13.0 Å². The molecule has 0 radical (unpaired) electrons. The molecule has 1 aliphatic heterocycles. The molecule has 2 saturated carbocycles. The average Bonchev–Trinajstić information content (AvgIpc) is 3.26. The Bertz CT molecular complexity index is 1190. The molecule has 3 rings (SSSR count). The molecule has 258 valence electrons. The van der Waals surface area contributed by atoms with E-state index in [0.717, 1.165) is 32.1 Å². The van der Waals surface area contributed by atoms with Crippen molar-refractivity contribution in [1.82, 2.24) is 20.9 Å². The molecule has 0 aromatic heterocycles. The molecule has 0 aromatic rings. The maximum Gasteiger partial charge on any atom is 0.408 e. The molecular formula is C34H54N4O8. The number of fused-ring (bicyclic) bond motifs is 1. The molecule has 0 bridgehead atoms. The number of amides is 4. The molecular weight excluding hydrogens is 592 g/mol. The van der Waals surface area contributed by atoms with Crippen LogP contribution in [0, 0.1) is 23.2 Å². The summed E-state index contributed by atoms with van der Waals surface area (Å²) < 4.78 is 10.7. The first-order valence-electron chi connectivity index (χ1n) is 16.5. The maximum absolute atomic E-state index is 14.3. The van der Waals surface area contributed by atoms with E-state index in [-0.39, 0.29) is 35.5 Å². The number of likely N-dealkylation sites (tertiary alicyclic amines) is 1. The zero-order valence-corrected chi connectivity index (χ0v) is 28.8. The standard InChI is InChI=1S/C34H54N4O8/c1-10-11-17-22(27(40)29(42)35-18-23(39)45-32(2,3)4)36-28(41)26-24-21(34(24,8)9)19-38(26)30(43)25(20-15-13-12-14-16-20)37-31(44)46-33(5,6)7/h10,20-22,24-26H,1,11-19H2,2-9H3,(H,35,42)(H,36,41)(H,37,44)/t21-,22-,24-,25-,26-/m0/s1. The minimum atomic E-state index is -1.20. The fraction of sp³-hybridized carbons (Fsp3) is 0.765. The number of nitrogens with zero attached hydrogens (tertiary/aromatic N) is 1. The van der Waals surface area contributed by atoms with Gasteiger partial charge in [0.25, 0.3) is 5.91 Å². The van der Waals surface area contributed by atoms with Gasteiger partial charge in [0, 0.05) is 6.54 Å². The van der Waals surface area contributed by atoms with Gasteiger partial charge in [0.15, 0.2) is 0 Å². The number of nitrogens with one attached hydrogen (secondary N) is 3. The van der Waals surface area contributed by atoms with E-state index in [9.17, 15) is 28.8 Å². The molecule has 3 N–H and O–H groups in total. The Balaban J connectivity index is 1.80. The van der Waals surface area contributed by atoms with Gasteiger partial charge in [0.1, 0.15) is 29.8 Å². The van der Waals surface area contributed by atoms with Crippen molar-refractivity contribution >= 4 is 35.6 Å². The van der Waals surface area contributed by atoms with E-state index in [2.05, 4.69) is 22.5 Å². The van der Waals surface area contributed by atoms with E-state index in [1.807, 2.05) is 13.8 Å².